The molecule has 0 aliphatic rings. The molecule has 0 bridgehead atoms. The predicted octanol–water partition coefficient (Wildman–Crippen LogP) is 8.63. The van der Waals surface area contributed by atoms with E-state index in [2.05, 4.69) is 15.6 Å². The number of rotatable bonds is 7. The zero-order chi connectivity index (χ0) is 24.9. The molecule has 5 rings (SSSR count). The Morgan fingerprint density at radius 2 is 1.36 bits per heavy atom. The minimum absolute atomic E-state index is 0.0816. The Morgan fingerprint density at radius 3 is 1.97 bits per heavy atom. The number of amides is 1. The van der Waals surface area contributed by atoms with E-state index >= 15 is 0 Å². The number of aromatic nitrogens is 1. The highest BCUT2D eigenvalue weighted by Gasteiger charge is 2.22. The Morgan fingerprint density at radius 1 is 0.750 bits per heavy atom. The van der Waals surface area contributed by atoms with Crippen molar-refractivity contribution in [2.75, 3.05) is 10.6 Å². The van der Waals surface area contributed by atoms with Gasteiger partial charge in [-0.2, -0.15) is 0 Å². The number of halogens is 2. The third-order valence-corrected chi connectivity index (χ3v) is 7.15. The molecular weight excluding hydrogens is 509 g/mol. The largest absolute Gasteiger partial charge is 0.331 e. The number of nitrogens with zero attached hydrogens (tertiary/aromatic N) is 1. The van der Waals surface area contributed by atoms with Crippen LogP contribution in [0.5, 0.6) is 0 Å². The first kappa shape index (κ1) is 24.1. The SMILES string of the molecule is O=C(Nc1ccc(-c2csc(Nc3ccc(Cl)c(Cl)c3)n2)cc1)C(c1ccccc1)c1ccccc1. The van der Waals surface area contributed by atoms with E-state index < -0.39 is 5.92 Å². The Labute approximate surface area is 223 Å². The maximum Gasteiger partial charge on any atom is 0.236 e. The van der Waals surface area contributed by atoms with E-state index in [4.69, 9.17) is 23.2 Å². The zero-order valence-electron chi connectivity index (χ0n) is 19.0. The van der Waals surface area contributed by atoms with Gasteiger partial charge in [-0.25, -0.2) is 4.98 Å². The first-order valence-corrected chi connectivity index (χ1v) is 12.9. The van der Waals surface area contributed by atoms with Gasteiger partial charge in [0.1, 0.15) is 0 Å². The van der Waals surface area contributed by atoms with Crippen molar-refractivity contribution in [3.8, 4) is 11.3 Å². The van der Waals surface area contributed by atoms with Crippen LogP contribution in [0.25, 0.3) is 11.3 Å². The van der Waals surface area contributed by atoms with Crippen LogP contribution >= 0.6 is 34.5 Å². The van der Waals surface area contributed by atoms with Crippen molar-refractivity contribution in [2.45, 2.75) is 5.92 Å². The molecule has 178 valence electrons. The second kappa shape index (κ2) is 11.0. The third-order valence-electron chi connectivity index (χ3n) is 5.65. The van der Waals surface area contributed by atoms with Crippen LogP contribution in [0.15, 0.2) is 109 Å². The van der Waals surface area contributed by atoms with Gasteiger partial charge in [-0.05, 0) is 41.5 Å². The summed E-state index contributed by atoms with van der Waals surface area (Å²) >= 11 is 13.6. The standard InChI is InChI=1S/C29H21Cl2N3OS/c30-24-16-15-23(17-25(24)31)33-29-34-26(18-36-29)19-11-13-22(14-12-19)32-28(35)27(20-7-3-1-4-8-20)21-9-5-2-6-10-21/h1-18,27H,(H,32,35)(H,33,34). The van der Waals surface area contributed by atoms with E-state index in [0.29, 0.717) is 10.0 Å². The van der Waals surface area contributed by atoms with Gasteiger partial charge >= 0.3 is 0 Å². The molecule has 0 radical (unpaired) electrons. The highest BCUT2D eigenvalue weighted by Crippen LogP contribution is 2.31. The molecule has 0 unspecified atom stereocenters. The van der Waals surface area contributed by atoms with Crippen molar-refractivity contribution in [1.29, 1.82) is 0 Å². The van der Waals surface area contributed by atoms with Crippen molar-refractivity contribution in [3.63, 3.8) is 0 Å². The molecule has 2 N–H and O–H groups in total. The molecule has 36 heavy (non-hydrogen) atoms. The van der Waals surface area contributed by atoms with Crippen LogP contribution < -0.4 is 10.6 Å². The van der Waals surface area contributed by atoms with Gasteiger partial charge in [0.15, 0.2) is 5.13 Å². The van der Waals surface area contributed by atoms with Gasteiger partial charge in [-0.1, -0.05) is 96.0 Å². The zero-order valence-corrected chi connectivity index (χ0v) is 21.3. The molecule has 4 nitrogen and oxygen atoms in total. The van der Waals surface area contributed by atoms with E-state index in [0.717, 1.165) is 38.9 Å². The molecule has 0 aliphatic carbocycles. The minimum atomic E-state index is -0.402. The van der Waals surface area contributed by atoms with Crippen molar-refractivity contribution in [2.24, 2.45) is 0 Å². The highest BCUT2D eigenvalue weighted by molar-refractivity contribution is 7.14. The van der Waals surface area contributed by atoms with E-state index in [1.54, 1.807) is 12.1 Å². The fourth-order valence-corrected chi connectivity index (χ4v) is 4.92. The maximum atomic E-state index is 13.3. The number of carbonyl (C=O) groups excluding carboxylic acids is 1. The second-order valence-electron chi connectivity index (χ2n) is 8.11. The Balaban J connectivity index is 1.30. The van der Waals surface area contributed by atoms with Crippen molar-refractivity contribution >= 4 is 57.0 Å². The van der Waals surface area contributed by atoms with E-state index in [1.165, 1.54) is 11.3 Å². The number of carbonyl (C=O) groups is 1. The average molecular weight is 530 g/mol. The molecule has 0 saturated heterocycles. The van der Waals surface area contributed by atoms with Gasteiger partial charge in [0, 0.05) is 22.3 Å². The summed E-state index contributed by atoms with van der Waals surface area (Å²) in [5.74, 6) is -0.484. The number of anilines is 3. The fraction of sp³-hybridized carbons (Fsp3) is 0.0345. The smallest absolute Gasteiger partial charge is 0.236 e. The summed E-state index contributed by atoms with van der Waals surface area (Å²) in [6.45, 7) is 0. The molecular formula is C29H21Cl2N3OS. The lowest BCUT2D eigenvalue weighted by Crippen LogP contribution is -2.22. The molecule has 0 saturated carbocycles. The summed E-state index contributed by atoms with van der Waals surface area (Å²) in [4.78, 5) is 18.0. The van der Waals surface area contributed by atoms with Gasteiger partial charge < -0.3 is 10.6 Å². The van der Waals surface area contributed by atoms with E-state index in [1.807, 2.05) is 96.4 Å². The predicted molar refractivity (Wildman–Crippen MR) is 151 cm³/mol. The monoisotopic (exact) mass is 529 g/mol. The molecule has 0 aliphatic heterocycles. The lowest BCUT2D eigenvalue weighted by Gasteiger charge is -2.18. The molecule has 1 aromatic heterocycles. The second-order valence-corrected chi connectivity index (χ2v) is 9.79. The van der Waals surface area contributed by atoms with Crippen LogP contribution in [-0.2, 0) is 4.79 Å². The highest BCUT2D eigenvalue weighted by atomic mass is 35.5. The van der Waals surface area contributed by atoms with Crippen LogP contribution in [0.3, 0.4) is 0 Å². The molecule has 4 aromatic carbocycles. The normalized spacial score (nSPS) is 10.9. The molecule has 7 heteroatoms. The van der Waals surface area contributed by atoms with Gasteiger partial charge in [-0.3, -0.25) is 4.79 Å². The fourth-order valence-electron chi connectivity index (χ4n) is 3.89. The summed E-state index contributed by atoms with van der Waals surface area (Å²) < 4.78 is 0. The van der Waals surface area contributed by atoms with Gasteiger partial charge in [0.05, 0.1) is 21.7 Å². The number of thiazole rings is 1. The minimum Gasteiger partial charge on any atom is -0.331 e. The van der Waals surface area contributed by atoms with E-state index in [-0.39, 0.29) is 5.91 Å². The lowest BCUT2D eigenvalue weighted by atomic mass is 9.90. The van der Waals surface area contributed by atoms with Crippen molar-refractivity contribution < 1.29 is 4.79 Å². The van der Waals surface area contributed by atoms with E-state index in [9.17, 15) is 4.79 Å². The van der Waals surface area contributed by atoms with Gasteiger partial charge in [0.25, 0.3) is 0 Å². The number of nitrogens with one attached hydrogen (secondary N) is 2. The van der Waals surface area contributed by atoms with Crippen LogP contribution in [-0.4, -0.2) is 10.9 Å². The topological polar surface area (TPSA) is 54.0 Å². The summed E-state index contributed by atoms with van der Waals surface area (Å²) in [5.41, 5.74) is 5.23. The molecule has 0 atom stereocenters. The average Bonchev–Trinajstić information content (AvgIpc) is 3.36. The number of hydrogen-bond donors (Lipinski definition) is 2. The third kappa shape index (κ3) is 5.60. The number of benzene rings is 4. The van der Waals surface area contributed by atoms with Gasteiger partial charge in [-0.15, -0.1) is 11.3 Å². The summed E-state index contributed by atoms with van der Waals surface area (Å²) in [5, 5.41) is 10.0. The quantitative estimate of drug-likeness (QED) is 0.221. The number of hydrogen-bond acceptors (Lipinski definition) is 4. The molecule has 0 fully saturated rings. The Kier molecular flexibility index (Phi) is 7.33. The van der Waals surface area contributed by atoms with Crippen molar-refractivity contribution in [3.05, 3.63) is 130 Å². The summed E-state index contributed by atoms with van der Waals surface area (Å²) in [6, 6.07) is 32.7. The first-order valence-electron chi connectivity index (χ1n) is 11.3. The molecule has 1 amide bonds. The Bertz CT molecular complexity index is 1430. The first-order chi connectivity index (χ1) is 17.6. The van der Waals surface area contributed by atoms with Crippen LogP contribution in [0.4, 0.5) is 16.5 Å². The van der Waals surface area contributed by atoms with Crippen LogP contribution in [0, 0.1) is 0 Å². The molecule has 0 spiro atoms. The van der Waals surface area contributed by atoms with Crippen LogP contribution in [0.1, 0.15) is 17.0 Å². The molecule has 1 heterocycles. The van der Waals surface area contributed by atoms with Gasteiger partial charge in [0.2, 0.25) is 5.91 Å². The maximum absolute atomic E-state index is 13.3. The Hall–Kier alpha value is -3.64. The van der Waals surface area contributed by atoms with Crippen molar-refractivity contribution in [1.82, 2.24) is 4.98 Å². The lowest BCUT2D eigenvalue weighted by molar-refractivity contribution is -0.116. The summed E-state index contributed by atoms with van der Waals surface area (Å²) in [7, 11) is 0. The van der Waals surface area contributed by atoms with Crippen LogP contribution in [0.2, 0.25) is 10.0 Å². The molecule has 5 aromatic rings. The summed E-state index contributed by atoms with van der Waals surface area (Å²) in [6.07, 6.45) is 0.